The molecule has 1 aliphatic heterocycles. The summed E-state index contributed by atoms with van der Waals surface area (Å²) < 4.78 is 0. The Morgan fingerprint density at radius 2 is 1.89 bits per heavy atom. The summed E-state index contributed by atoms with van der Waals surface area (Å²) >= 11 is 0. The summed E-state index contributed by atoms with van der Waals surface area (Å²) in [7, 11) is 0. The summed E-state index contributed by atoms with van der Waals surface area (Å²) in [6.45, 7) is 3.16. The molecule has 19 heavy (non-hydrogen) atoms. The van der Waals surface area contributed by atoms with Crippen molar-refractivity contribution in [3.05, 3.63) is 0 Å². The summed E-state index contributed by atoms with van der Waals surface area (Å²) in [6, 6.07) is 0. The van der Waals surface area contributed by atoms with Gasteiger partial charge < -0.3 is 10.6 Å². The van der Waals surface area contributed by atoms with E-state index in [-0.39, 0.29) is 18.3 Å². The summed E-state index contributed by atoms with van der Waals surface area (Å²) in [4.78, 5) is 11.7. The van der Waals surface area contributed by atoms with Gasteiger partial charge >= 0.3 is 0 Å². The zero-order valence-corrected chi connectivity index (χ0v) is 12.8. The maximum absolute atomic E-state index is 11.7. The molecule has 0 aromatic carbocycles. The van der Waals surface area contributed by atoms with E-state index in [1.807, 2.05) is 0 Å². The number of rotatable bonds is 7. The summed E-state index contributed by atoms with van der Waals surface area (Å²) in [6.07, 6.45) is 11.1. The third kappa shape index (κ3) is 6.62. The number of halogens is 1. The monoisotopic (exact) mass is 288 g/mol. The van der Waals surface area contributed by atoms with Crippen LogP contribution in [0.25, 0.3) is 0 Å². The van der Waals surface area contributed by atoms with Gasteiger partial charge in [0.1, 0.15) is 0 Å². The van der Waals surface area contributed by atoms with E-state index in [9.17, 15) is 4.79 Å². The number of carbonyl (C=O) groups excluding carboxylic acids is 1. The van der Waals surface area contributed by atoms with Gasteiger partial charge in [0.25, 0.3) is 0 Å². The highest BCUT2D eigenvalue weighted by atomic mass is 35.5. The lowest BCUT2D eigenvalue weighted by Crippen LogP contribution is -2.26. The fourth-order valence-corrected chi connectivity index (χ4v) is 3.32. The molecule has 0 aromatic heterocycles. The first-order chi connectivity index (χ1) is 8.84. The maximum atomic E-state index is 11.7. The quantitative estimate of drug-likeness (QED) is 0.756. The molecule has 0 spiro atoms. The number of hydrogen-bond donors (Lipinski definition) is 2. The van der Waals surface area contributed by atoms with Crippen LogP contribution >= 0.6 is 12.4 Å². The maximum Gasteiger partial charge on any atom is 0.219 e. The van der Waals surface area contributed by atoms with Gasteiger partial charge in [0.2, 0.25) is 5.91 Å². The molecule has 0 radical (unpaired) electrons. The van der Waals surface area contributed by atoms with E-state index >= 15 is 0 Å². The lowest BCUT2D eigenvalue weighted by atomic mass is 10.0. The molecule has 1 unspecified atom stereocenters. The molecule has 1 amide bonds. The molecule has 0 aromatic rings. The van der Waals surface area contributed by atoms with Crippen molar-refractivity contribution in [1.29, 1.82) is 0 Å². The highest BCUT2D eigenvalue weighted by molar-refractivity contribution is 5.85. The first kappa shape index (κ1) is 16.8. The normalized spacial score (nSPS) is 23.3. The van der Waals surface area contributed by atoms with E-state index in [2.05, 4.69) is 10.6 Å². The Kier molecular flexibility index (Phi) is 8.47. The fourth-order valence-electron chi connectivity index (χ4n) is 3.32. The van der Waals surface area contributed by atoms with Gasteiger partial charge in [-0.3, -0.25) is 4.79 Å². The summed E-state index contributed by atoms with van der Waals surface area (Å²) in [5.74, 6) is 1.96. The Morgan fingerprint density at radius 3 is 2.58 bits per heavy atom. The van der Waals surface area contributed by atoms with E-state index < -0.39 is 0 Å². The van der Waals surface area contributed by atoms with Crippen LogP contribution in [0.1, 0.15) is 57.8 Å². The van der Waals surface area contributed by atoms with Crippen molar-refractivity contribution in [2.45, 2.75) is 57.8 Å². The van der Waals surface area contributed by atoms with Crippen molar-refractivity contribution in [3.63, 3.8) is 0 Å². The molecule has 1 saturated carbocycles. The number of carbonyl (C=O) groups is 1. The van der Waals surface area contributed by atoms with Crippen LogP contribution in [0.15, 0.2) is 0 Å². The van der Waals surface area contributed by atoms with Gasteiger partial charge in [0.05, 0.1) is 0 Å². The molecule has 3 nitrogen and oxygen atoms in total. The topological polar surface area (TPSA) is 41.1 Å². The predicted molar refractivity (Wildman–Crippen MR) is 81.7 cm³/mol. The van der Waals surface area contributed by atoms with Crippen LogP contribution in [-0.2, 0) is 4.79 Å². The standard InChI is InChI=1S/C15H28N2O.ClH/c18-15(7-3-6-13-4-1-2-5-13)17-11-9-14-8-10-16-12-14;/h13-14,16H,1-12H2,(H,17,18);1H. The van der Waals surface area contributed by atoms with Crippen molar-refractivity contribution in [3.8, 4) is 0 Å². The highest BCUT2D eigenvalue weighted by Crippen LogP contribution is 2.28. The molecular weight excluding hydrogens is 260 g/mol. The van der Waals surface area contributed by atoms with Crippen LogP contribution in [0, 0.1) is 11.8 Å². The lowest BCUT2D eigenvalue weighted by Gasteiger charge is -2.10. The van der Waals surface area contributed by atoms with Crippen LogP contribution in [0.3, 0.4) is 0 Å². The molecule has 1 saturated heterocycles. The number of amides is 1. The molecule has 2 rings (SSSR count). The molecule has 1 aliphatic carbocycles. The first-order valence-electron chi connectivity index (χ1n) is 7.82. The van der Waals surface area contributed by atoms with Crippen LogP contribution in [0.2, 0.25) is 0 Å². The van der Waals surface area contributed by atoms with Gasteiger partial charge in [-0.05, 0) is 50.6 Å². The summed E-state index contributed by atoms with van der Waals surface area (Å²) in [5, 5.41) is 6.43. The van der Waals surface area contributed by atoms with E-state index in [0.29, 0.717) is 0 Å². The molecule has 1 heterocycles. The molecule has 1 atom stereocenters. The zero-order chi connectivity index (χ0) is 12.6. The van der Waals surface area contributed by atoms with Crippen LogP contribution in [0.5, 0.6) is 0 Å². The van der Waals surface area contributed by atoms with Crippen LogP contribution < -0.4 is 10.6 Å². The van der Waals surface area contributed by atoms with Crippen molar-refractivity contribution in [2.24, 2.45) is 11.8 Å². The molecular formula is C15H29ClN2O. The van der Waals surface area contributed by atoms with E-state index in [4.69, 9.17) is 0 Å². The number of hydrogen-bond acceptors (Lipinski definition) is 2. The van der Waals surface area contributed by atoms with E-state index in [1.54, 1.807) is 0 Å². The lowest BCUT2D eigenvalue weighted by molar-refractivity contribution is -0.121. The minimum Gasteiger partial charge on any atom is -0.356 e. The molecule has 2 aliphatic rings. The van der Waals surface area contributed by atoms with Gasteiger partial charge in [0, 0.05) is 13.0 Å². The van der Waals surface area contributed by atoms with E-state index in [0.717, 1.165) is 50.7 Å². The van der Waals surface area contributed by atoms with Gasteiger partial charge in [-0.15, -0.1) is 12.4 Å². The first-order valence-corrected chi connectivity index (χ1v) is 7.82. The third-order valence-electron chi connectivity index (χ3n) is 4.53. The minimum absolute atomic E-state index is 0. The molecule has 0 bridgehead atoms. The van der Waals surface area contributed by atoms with Gasteiger partial charge in [-0.1, -0.05) is 25.7 Å². The van der Waals surface area contributed by atoms with Gasteiger partial charge in [-0.25, -0.2) is 0 Å². The van der Waals surface area contributed by atoms with Crippen molar-refractivity contribution in [2.75, 3.05) is 19.6 Å². The van der Waals surface area contributed by atoms with Crippen molar-refractivity contribution < 1.29 is 4.79 Å². The second-order valence-electron chi connectivity index (χ2n) is 6.04. The smallest absolute Gasteiger partial charge is 0.219 e. The Hall–Kier alpha value is -0.280. The molecule has 112 valence electrons. The highest BCUT2D eigenvalue weighted by Gasteiger charge is 2.16. The molecule has 2 fully saturated rings. The second kappa shape index (κ2) is 9.60. The fraction of sp³-hybridized carbons (Fsp3) is 0.933. The summed E-state index contributed by atoms with van der Waals surface area (Å²) in [5.41, 5.74) is 0. The van der Waals surface area contributed by atoms with Gasteiger partial charge in [0.15, 0.2) is 0 Å². The van der Waals surface area contributed by atoms with Crippen LogP contribution in [0.4, 0.5) is 0 Å². The Labute approximate surface area is 123 Å². The Morgan fingerprint density at radius 1 is 1.11 bits per heavy atom. The van der Waals surface area contributed by atoms with Gasteiger partial charge in [-0.2, -0.15) is 0 Å². The number of nitrogens with one attached hydrogen (secondary N) is 2. The van der Waals surface area contributed by atoms with Crippen molar-refractivity contribution >= 4 is 18.3 Å². The third-order valence-corrected chi connectivity index (χ3v) is 4.53. The Balaban J connectivity index is 0.00000180. The average Bonchev–Trinajstić information content (AvgIpc) is 3.01. The van der Waals surface area contributed by atoms with Crippen molar-refractivity contribution in [1.82, 2.24) is 10.6 Å². The largest absolute Gasteiger partial charge is 0.356 e. The SMILES string of the molecule is Cl.O=C(CCCC1CCCC1)NCCC1CCNC1. The second-order valence-corrected chi connectivity index (χ2v) is 6.04. The minimum atomic E-state index is 0. The molecule has 4 heteroatoms. The zero-order valence-electron chi connectivity index (χ0n) is 12.0. The predicted octanol–water partition coefficient (Wildman–Crippen LogP) is 2.88. The molecule has 2 N–H and O–H groups in total. The van der Waals surface area contributed by atoms with Crippen LogP contribution in [-0.4, -0.2) is 25.5 Å². The van der Waals surface area contributed by atoms with E-state index in [1.165, 1.54) is 38.5 Å². The Bertz CT molecular complexity index is 225. The average molecular weight is 289 g/mol.